The molecule has 0 atom stereocenters. The van der Waals surface area contributed by atoms with Crippen LogP contribution in [-0.2, 0) is 4.74 Å². The maximum absolute atomic E-state index is 13.9. The lowest BCUT2D eigenvalue weighted by molar-refractivity contribution is 0.0526. The monoisotopic (exact) mass is 501 g/mol. The Morgan fingerprint density at radius 3 is 2.17 bits per heavy atom. The van der Waals surface area contributed by atoms with E-state index in [1.165, 1.54) is 4.57 Å². The number of nitrogens with zero attached hydrogens (tertiary/aromatic N) is 1. The molecule has 0 fully saturated rings. The molecule has 6 heteroatoms. The van der Waals surface area contributed by atoms with E-state index in [2.05, 4.69) is 45.3 Å². The SMILES string of the molecule is CCOC(=O)c1c(-c2ccccc2)c(C)c(=O)n(-c2ccc(OC)cc2)c1C#C[Si](C)(C)C(C)(C)C. The van der Waals surface area contributed by atoms with Crippen LogP contribution in [0, 0.1) is 18.4 Å². The van der Waals surface area contributed by atoms with Gasteiger partial charge in [-0.2, -0.15) is 0 Å². The molecule has 3 aromatic rings. The third kappa shape index (κ3) is 5.32. The van der Waals surface area contributed by atoms with Crippen LogP contribution in [-0.4, -0.2) is 32.3 Å². The van der Waals surface area contributed by atoms with Crippen LogP contribution < -0.4 is 10.3 Å². The van der Waals surface area contributed by atoms with Crippen molar-refractivity contribution in [3.05, 3.63) is 81.8 Å². The predicted octanol–water partition coefficient (Wildman–Crippen LogP) is 6.40. The van der Waals surface area contributed by atoms with Gasteiger partial charge in [-0.25, -0.2) is 4.79 Å². The van der Waals surface area contributed by atoms with Crippen molar-refractivity contribution in [3.63, 3.8) is 0 Å². The Morgan fingerprint density at radius 2 is 1.64 bits per heavy atom. The van der Waals surface area contributed by atoms with Crippen LogP contribution in [0.2, 0.25) is 18.1 Å². The van der Waals surface area contributed by atoms with Crippen molar-refractivity contribution in [2.45, 2.75) is 52.8 Å². The van der Waals surface area contributed by atoms with E-state index in [0.29, 0.717) is 33.8 Å². The quantitative estimate of drug-likeness (QED) is 0.231. The fourth-order valence-corrected chi connectivity index (χ4v) is 4.47. The molecule has 0 saturated heterocycles. The Kier molecular flexibility index (Phi) is 7.95. The number of rotatable bonds is 5. The first kappa shape index (κ1) is 27.0. The van der Waals surface area contributed by atoms with Gasteiger partial charge in [0.2, 0.25) is 0 Å². The number of hydrogen-bond donors (Lipinski definition) is 0. The average Bonchev–Trinajstić information content (AvgIpc) is 2.84. The summed E-state index contributed by atoms with van der Waals surface area (Å²) in [5.41, 5.74) is 6.32. The molecule has 0 aliphatic rings. The molecule has 0 unspecified atom stereocenters. The molecule has 0 bridgehead atoms. The second-order valence-corrected chi connectivity index (χ2v) is 15.3. The fourth-order valence-electron chi connectivity index (χ4n) is 3.66. The van der Waals surface area contributed by atoms with E-state index < -0.39 is 14.0 Å². The molecule has 1 aromatic heterocycles. The molecule has 3 rings (SSSR count). The molecule has 0 spiro atoms. The van der Waals surface area contributed by atoms with E-state index in [1.807, 2.05) is 30.3 Å². The van der Waals surface area contributed by atoms with E-state index in [1.54, 1.807) is 45.2 Å². The highest BCUT2D eigenvalue weighted by Gasteiger charge is 2.34. The minimum atomic E-state index is -2.08. The molecule has 0 amide bonds. The van der Waals surface area contributed by atoms with Crippen molar-refractivity contribution >= 4 is 14.0 Å². The maximum atomic E-state index is 13.9. The van der Waals surface area contributed by atoms with Gasteiger partial charge in [0, 0.05) is 11.1 Å². The summed E-state index contributed by atoms with van der Waals surface area (Å²) in [5.74, 6) is 3.49. The van der Waals surface area contributed by atoms with Crippen LogP contribution in [0.15, 0.2) is 59.4 Å². The number of carbonyl (C=O) groups is 1. The van der Waals surface area contributed by atoms with Gasteiger partial charge >= 0.3 is 5.97 Å². The molecule has 0 aliphatic carbocycles. The van der Waals surface area contributed by atoms with E-state index >= 15 is 0 Å². The average molecular weight is 502 g/mol. The summed E-state index contributed by atoms with van der Waals surface area (Å²) in [6.45, 7) is 14.7. The number of carbonyl (C=O) groups excluding carboxylic acids is 1. The normalized spacial score (nSPS) is 11.4. The summed E-state index contributed by atoms with van der Waals surface area (Å²) in [4.78, 5) is 27.4. The van der Waals surface area contributed by atoms with E-state index in [0.717, 1.165) is 5.56 Å². The van der Waals surface area contributed by atoms with Gasteiger partial charge in [0.05, 0.1) is 19.4 Å². The Hall–Kier alpha value is -3.56. The zero-order valence-corrected chi connectivity index (χ0v) is 23.5. The molecule has 0 aliphatic heterocycles. The molecule has 0 N–H and O–H groups in total. The van der Waals surface area contributed by atoms with Crippen LogP contribution >= 0.6 is 0 Å². The van der Waals surface area contributed by atoms with Crippen LogP contribution in [0.1, 0.15) is 49.3 Å². The molecular formula is C30H35NO4Si. The van der Waals surface area contributed by atoms with Gasteiger partial charge in [0.15, 0.2) is 0 Å². The first-order valence-electron chi connectivity index (χ1n) is 12.1. The second-order valence-electron chi connectivity index (χ2n) is 10.3. The predicted molar refractivity (Wildman–Crippen MR) is 149 cm³/mol. The zero-order chi connectivity index (χ0) is 26.7. The van der Waals surface area contributed by atoms with Gasteiger partial charge in [-0.05, 0) is 48.7 Å². The lowest BCUT2D eigenvalue weighted by Gasteiger charge is -2.31. The van der Waals surface area contributed by atoms with Gasteiger partial charge in [-0.15, -0.1) is 5.54 Å². The molecule has 188 valence electrons. The van der Waals surface area contributed by atoms with Crippen LogP contribution in [0.5, 0.6) is 5.75 Å². The zero-order valence-electron chi connectivity index (χ0n) is 22.5. The van der Waals surface area contributed by atoms with Gasteiger partial charge in [-0.1, -0.05) is 70.1 Å². The standard InChI is InChI=1S/C30H35NO4Si/c1-9-35-29(33)27-25(19-20-36(7,8)30(3,4)5)31(23-15-17-24(34-6)18-16-23)28(32)21(2)26(27)22-13-11-10-12-14-22/h10-18H,9H2,1-8H3. The molecule has 1 heterocycles. The van der Waals surface area contributed by atoms with Crippen molar-refractivity contribution in [1.82, 2.24) is 4.57 Å². The first-order valence-corrected chi connectivity index (χ1v) is 15.1. The summed E-state index contributed by atoms with van der Waals surface area (Å²) in [7, 11) is -0.487. The largest absolute Gasteiger partial charge is 0.497 e. The first-order chi connectivity index (χ1) is 16.9. The van der Waals surface area contributed by atoms with Gasteiger partial charge in [0.25, 0.3) is 5.56 Å². The van der Waals surface area contributed by atoms with E-state index in [9.17, 15) is 9.59 Å². The van der Waals surface area contributed by atoms with Crippen LogP contribution in [0.3, 0.4) is 0 Å². The van der Waals surface area contributed by atoms with Crippen molar-refractivity contribution in [2.24, 2.45) is 0 Å². The van der Waals surface area contributed by atoms with Crippen molar-refractivity contribution in [2.75, 3.05) is 13.7 Å². The topological polar surface area (TPSA) is 57.5 Å². The lowest BCUT2D eigenvalue weighted by atomic mass is 9.94. The van der Waals surface area contributed by atoms with Crippen LogP contribution in [0.4, 0.5) is 0 Å². The van der Waals surface area contributed by atoms with Crippen molar-refractivity contribution < 1.29 is 14.3 Å². The third-order valence-electron chi connectivity index (χ3n) is 6.85. The van der Waals surface area contributed by atoms with Crippen LogP contribution in [0.25, 0.3) is 16.8 Å². The Balaban J connectivity index is 2.52. The maximum Gasteiger partial charge on any atom is 0.341 e. The molecule has 0 saturated carbocycles. The van der Waals surface area contributed by atoms with E-state index in [-0.39, 0.29) is 17.2 Å². The molecule has 5 nitrogen and oxygen atoms in total. The van der Waals surface area contributed by atoms with Crippen molar-refractivity contribution in [3.8, 4) is 34.0 Å². The number of hydrogen-bond acceptors (Lipinski definition) is 4. The summed E-state index contributed by atoms with van der Waals surface area (Å²) in [6.07, 6.45) is 0. The minimum absolute atomic E-state index is 0.00227. The number of esters is 1. The number of aromatic nitrogens is 1. The number of ether oxygens (including phenoxy) is 2. The highest BCUT2D eigenvalue weighted by atomic mass is 28.3. The van der Waals surface area contributed by atoms with Gasteiger partial charge < -0.3 is 9.47 Å². The fraction of sp³-hybridized carbons (Fsp3) is 0.333. The Bertz CT molecular complexity index is 1370. The smallest absolute Gasteiger partial charge is 0.341 e. The highest BCUT2D eigenvalue weighted by Crippen LogP contribution is 2.36. The van der Waals surface area contributed by atoms with E-state index in [4.69, 9.17) is 9.47 Å². The summed E-state index contributed by atoms with van der Waals surface area (Å²) in [5, 5.41) is 0.00227. The number of benzene rings is 2. The summed E-state index contributed by atoms with van der Waals surface area (Å²) in [6, 6.07) is 16.6. The van der Waals surface area contributed by atoms with Gasteiger partial charge in [-0.3, -0.25) is 9.36 Å². The Morgan fingerprint density at radius 1 is 1.03 bits per heavy atom. The molecular weight excluding hydrogens is 466 g/mol. The molecule has 2 aromatic carbocycles. The highest BCUT2D eigenvalue weighted by molar-refractivity contribution is 6.87. The summed E-state index contributed by atoms with van der Waals surface area (Å²) < 4.78 is 12.4. The van der Waals surface area contributed by atoms with Crippen molar-refractivity contribution in [1.29, 1.82) is 0 Å². The number of methoxy groups -OCH3 is 1. The molecule has 0 radical (unpaired) electrons. The minimum Gasteiger partial charge on any atom is -0.497 e. The summed E-state index contributed by atoms with van der Waals surface area (Å²) >= 11 is 0. The second kappa shape index (κ2) is 10.6. The number of pyridine rings is 1. The third-order valence-corrected chi connectivity index (χ3v) is 11.4. The lowest BCUT2D eigenvalue weighted by Crippen LogP contribution is -2.36. The van der Waals surface area contributed by atoms with Gasteiger partial charge in [0.1, 0.15) is 25.1 Å². The molecule has 36 heavy (non-hydrogen) atoms. The Labute approximate surface area is 215 Å².